The molecule has 16 heavy (non-hydrogen) atoms. The number of carbonyl (C=O) groups is 1. The van der Waals surface area contributed by atoms with Crippen LogP contribution in [0, 0.1) is 3.95 Å². The van der Waals surface area contributed by atoms with Gasteiger partial charge in [0.2, 0.25) is 5.88 Å². The minimum atomic E-state index is -1.10. The molecule has 0 aliphatic rings. The number of thiazole rings is 1. The van der Waals surface area contributed by atoms with Crippen molar-refractivity contribution in [1.82, 2.24) is 4.57 Å². The summed E-state index contributed by atoms with van der Waals surface area (Å²) < 4.78 is 1.33. The van der Waals surface area contributed by atoms with Crippen molar-refractivity contribution >= 4 is 53.1 Å². The van der Waals surface area contributed by atoms with Gasteiger partial charge in [0.25, 0.3) is 0 Å². The highest BCUT2D eigenvalue weighted by molar-refractivity contribution is 7.80. The Morgan fingerprint density at radius 3 is 2.81 bits per heavy atom. The normalized spacial score (nSPS) is 10.8. The Labute approximate surface area is 105 Å². The van der Waals surface area contributed by atoms with Crippen LogP contribution < -0.4 is 5.73 Å². The van der Waals surface area contributed by atoms with E-state index in [2.05, 4.69) is 17.2 Å². The van der Waals surface area contributed by atoms with Gasteiger partial charge in [-0.1, -0.05) is 11.3 Å². The second-order valence-electron chi connectivity index (χ2n) is 2.63. The van der Waals surface area contributed by atoms with Gasteiger partial charge in [0.15, 0.2) is 9.07 Å². The van der Waals surface area contributed by atoms with E-state index in [9.17, 15) is 9.90 Å². The molecule has 0 aliphatic carbocycles. The van der Waals surface area contributed by atoms with Gasteiger partial charge < -0.3 is 15.9 Å². The largest absolute Gasteiger partial charge is 0.493 e. The van der Waals surface area contributed by atoms with E-state index in [0.29, 0.717) is 4.88 Å². The number of thiocarbonyl (C=S) groups is 1. The molecule has 86 valence electrons. The number of rotatable bonds is 3. The average Bonchev–Trinajstić information content (AvgIpc) is 2.42. The fraction of sp³-hybridized carbons (Fsp3) is 0.143. The van der Waals surface area contributed by atoms with E-state index in [1.54, 1.807) is 0 Å². The number of nitrogens with two attached hydrogens (primary N) is 1. The second-order valence-corrected chi connectivity index (χ2v) is 4.73. The third kappa shape index (κ3) is 3.08. The Kier molecular flexibility index (Phi) is 4.10. The molecule has 0 bridgehead atoms. The molecule has 0 amide bonds. The minimum Gasteiger partial charge on any atom is -0.493 e. The van der Waals surface area contributed by atoms with Crippen molar-refractivity contribution in [3.63, 3.8) is 0 Å². The number of aliphatic carboxylic acids is 1. The van der Waals surface area contributed by atoms with Crippen molar-refractivity contribution in [2.75, 3.05) is 0 Å². The molecule has 0 saturated carbocycles. The Morgan fingerprint density at radius 1 is 1.69 bits per heavy atom. The molecular weight excluding hydrogens is 270 g/mol. The van der Waals surface area contributed by atoms with Gasteiger partial charge in [-0.2, -0.15) is 0 Å². The van der Waals surface area contributed by atoms with Crippen molar-refractivity contribution in [1.29, 1.82) is 0 Å². The highest BCUT2D eigenvalue weighted by Gasteiger charge is 2.12. The Balaban J connectivity index is 3.11. The molecule has 0 fully saturated rings. The molecule has 0 spiro atoms. The van der Waals surface area contributed by atoms with E-state index in [-0.39, 0.29) is 14.9 Å². The van der Waals surface area contributed by atoms with Crippen LogP contribution >= 0.6 is 35.8 Å². The number of aromatic nitrogens is 1. The summed E-state index contributed by atoms with van der Waals surface area (Å²) in [6, 6.07) is 0. The number of carboxylic acids is 1. The topological polar surface area (TPSA) is 101 Å². The monoisotopic (exact) mass is 277 g/mol. The van der Waals surface area contributed by atoms with Gasteiger partial charge in [-0.3, -0.25) is 9.36 Å². The molecule has 1 rings (SSSR count). The van der Waals surface area contributed by atoms with Crippen molar-refractivity contribution < 1.29 is 15.0 Å². The molecule has 0 unspecified atom stereocenters. The molecule has 6 nitrogen and oxygen atoms in total. The molecule has 1 aromatic heterocycles. The smallest absolute Gasteiger partial charge is 0.323 e. The van der Waals surface area contributed by atoms with E-state index in [1.165, 1.54) is 6.21 Å². The van der Waals surface area contributed by atoms with Crippen molar-refractivity contribution in [2.24, 2.45) is 10.7 Å². The summed E-state index contributed by atoms with van der Waals surface area (Å²) in [7, 11) is 0. The van der Waals surface area contributed by atoms with Crippen LogP contribution in [-0.2, 0) is 11.3 Å². The first-order chi connectivity index (χ1) is 7.41. The van der Waals surface area contributed by atoms with Gasteiger partial charge in [-0.25, -0.2) is 4.99 Å². The van der Waals surface area contributed by atoms with Crippen molar-refractivity contribution in [2.45, 2.75) is 6.54 Å². The summed E-state index contributed by atoms with van der Waals surface area (Å²) in [6.45, 7) is -0.401. The maximum Gasteiger partial charge on any atom is 0.323 e. The lowest BCUT2D eigenvalue weighted by Crippen LogP contribution is -2.08. The molecule has 4 N–H and O–H groups in total. The van der Waals surface area contributed by atoms with Crippen LogP contribution in [0.1, 0.15) is 4.88 Å². The van der Waals surface area contributed by atoms with Crippen molar-refractivity contribution in [3.05, 3.63) is 8.83 Å². The molecule has 1 heterocycles. The Morgan fingerprint density at radius 2 is 2.31 bits per heavy atom. The number of hydrogen-bond donors (Lipinski definition) is 3. The maximum absolute atomic E-state index is 10.5. The molecule has 0 aromatic carbocycles. The zero-order valence-electron chi connectivity index (χ0n) is 7.78. The quantitative estimate of drug-likeness (QED) is 0.556. The minimum absolute atomic E-state index is 0.0801. The predicted molar refractivity (Wildman–Crippen MR) is 66.8 cm³/mol. The first-order valence-electron chi connectivity index (χ1n) is 3.89. The number of carboxylic acid groups (broad SMARTS) is 1. The zero-order chi connectivity index (χ0) is 12.3. The fourth-order valence-corrected chi connectivity index (χ4v) is 2.12. The zero-order valence-corrected chi connectivity index (χ0v) is 10.2. The van der Waals surface area contributed by atoms with E-state index in [4.69, 9.17) is 23.1 Å². The molecule has 0 atom stereocenters. The lowest BCUT2D eigenvalue weighted by Gasteiger charge is -1.99. The van der Waals surface area contributed by atoms with Crippen LogP contribution in [0.15, 0.2) is 4.99 Å². The first-order valence-corrected chi connectivity index (χ1v) is 5.53. The van der Waals surface area contributed by atoms with Crippen molar-refractivity contribution in [3.8, 4) is 5.88 Å². The Bertz CT molecular complexity index is 517. The highest BCUT2D eigenvalue weighted by atomic mass is 32.1. The van der Waals surface area contributed by atoms with E-state index < -0.39 is 12.5 Å². The highest BCUT2D eigenvalue weighted by Crippen LogP contribution is 2.23. The fourth-order valence-electron chi connectivity index (χ4n) is 0.895. The van der Waals surface area contributed by atoms with Gasteiger partial charge in [0.05, 0.1) is 6.21 Å². The molecule has 0 radical (unpaired) electrons. The summed E-state index contributed by atoms with van der Waals surface area (Å²) >= 11 is 10.4. The third-order valence-corrected chi connectivity index (χ3v) is 2.97. The summed E-state index contributed by atoms with van der Waals surface area (Å²) in [5, 5.41) is 18.2. The summed E-state index contributed by atoms with van der Waals surface area (Å²) in [5.41, 5.74) is 5.15. The molecule has 1 aromatic rings. The number of nitrogens with zero attached hydrogens (tertiary/aromatic N) is 2. The van der Waals surface area contributed by atoms with Crippen LogP contribution in [0.4, 0.5) is 0 Å². The molecule has 0 aliphatic heterocycles. The van der Waals surface area contributed by atoms with Gasteiger partial charge in [0, 0.05) is 0 Å². The molecular formula is C7H7N3O3S3. The van der Waals surface area contributed by atoms with Crippen LogP contribution in [-0.4, -0.2) is 32.1 Å². The van der Waals surface area contributed by atoms with E-state index in [0.717, 1.165) is 15.9 Å². The first kappa shape index (κ1) is 12.7. The standard InChI is InChI=1S/C7H7N3O3S3/c8-6(14)9-1-3-5(13)10(2-4(11)12)7(15)16-3/h1,13H,2H2,(H2,8,14)(H,11,12)/b9-1+. The lowest BCUT2D eigenvalue weighted by atomic mass is 10.5. The van der Waals surface area contributed by atoms with Gasteiger partial charge >= 0.3 is 5.97 Å². The SMILES string of the molecule is NC(=S)/N=C/c1sc(=S)n(CC(=O)O)c1O. The number of aromatic hydroxyl groups is 1. The predicted octanol–water partition coefficient (Wildman–Crippen LogP) is 0.732. The van der Waals surface area contributed by atoms with Crippen LogP contribution in [0.3, 0.4) is 0 Å². The molecule has 0 saturated heterocycles. The Hall–Kier alpha value is -1.32. The maximum atomic E-state index is 10.5. The average molecular weight is 277 g/mol. The summed E-state index contributed by atoms with van der Waals surface area (Å²) in [4.78, 5) is 14.4. The van der Waals surface area contributed by atoms with Crippen LogP contribution in [0.2, 0.25) is 0 Å². The summed E-state index contributed by atoms with van der Waals surface area (Å²) in [6.07, 6.45) is 1.25. The van der Waals surface area contributed by atoms with E-state index in [1.807, 2.05) is 0 Å². The van der Waals surface area contributed by atoms with Gasteiger partial charge in [-0.15, -0.1) is 0 Å². The second kappa shape index (κ2) is 5.14. The number of hydrogen-bond acceptors (Lipinski definition) is 5. The summed E-state index contributed by atoms with van der Waals surface area (Å²) in [5.74, 6) is -1.35. The third-order valence-electron chi connectivity index (χ3n) is 1.50. The van der Waals surface area contributed by atoms with Gasteiger partial charge in [-0.05, 0) is 24.4 Å². The van der Waals surface area contributed by atoms with Crippen LogP contribution in [0.25, 0.3) is 0 Å². The van der Waals surface area contributed by atoms with Crippen LogP contribution in [0.5, 0.6) is 5.88 Å². The van der Waals surface area contributed by atoms with E-state index >= 15 is 0 Å². The number of aliphatic imine (C=N–C) groups is 1. The molecule has 9 heteroatoms. The van der Waals surface area contributed by atoms with Gasteiger partial charge in [0.1, 0.15) is 11.4 Å². The lowest BCUT2D eigenvalue weighted by molar-refractivity contribution is -0.137.